The highest BCUT2D eigenvalue weighted by atomic mass is 16.2. The molecule has 0 aromatic rings. The maximum Gasteiger partial charge on any atom is 0.235 e. The molecule has 0 aliphatic heterocycles. The van der Waals surface area contributed by atoms with Gasteiger partial charge in [0.05, 0.1) is 6.04 Å². The summed E-state index contributed by atoms with van der Waals surface area (Å²) in [6.07, 6.45) is 0.387. The third kappa shape index (κ3) is 5.50. The molecule has 0 saturated carbocycles. The maximum absolute atomic E-state index is 11.1. The molecule has 0 aliphatic carbocycles. The van der Waals surface area contributed by atoms with E-state index in [-0.39, 0.29) is 5.91 Å². The van der Waals surface area contributed by atoms with Crippen LogP contribution < -0.4 is 16.8 Å². The SMILES string of the molecule is CN(C)C(=O)CCNCC(N)C(N)=O. The van der Waals surface area contributed by atoms with Crippen LogP contribution in [0, 0.1) is 0 Å². The van der Waals surface area contributed by atoms with E-state index in [0.717, 1.165) is 0 Å². The number of carbonyl (C=O) groups is 2. The number of nitrogens with two attached hydrogens (primary N) is 2. The lowest BCUT2D eigenvalue weighted by Crippen LogP contribution is -2.44. The van der Waals surface area contributed by atoms with Crippen LogP contribution in [0.15, 0.2) is 0 Å². The fraction of sp³-hybridized carbons (Fsp3) is 0.750. The standard InChI is InChI=1S/C8H18N4O2/c1-12(2)7(13)3-4-11-5-6(9)8(10)14/h6,11H,3-5,9H2,1-2H3,(H2,10,14). The number of nitrogens with one attached hydrogen (secondary N) is 1. The van der Waals surface area contributed by atoms with Crippen molar-refractivity contribution < 1.29 is 9.59 Å². The Kier molecular flexibility index (Phi) is 5.82. The topological polar surface area (TPSA) is 101 Å². The van der Waals surface area contributed by atoms with E-state index in [4.69, 9.17) is 11.5 Å². The van der Waals surface area contributed by atoms with Gasteiger partial charge in [0.1, 0.15) is 0 Å². The Bertz CT molecular complexity index is 206. The molecule has 5 N–H and O–H groups in total. The van der Waals surface area contributed by atoms with Gasteiger partial charge in [-0.05, 0) is 0 Å². The molecule has 0 aromatic heterocycles. The molecule has 0 aromatic carbocycles. The van der Waals surface area contributed by atoms with Crippen molar-refractivity contribution in [2.45, 2.75) is 12.5 Å². The average Bonchev–Trinajstić information content (AvgIpc) is 2.11. The van der Waals surface area contributed by atoms with E-state index >= 15 is 0 Å². The summed E-state index contributed by atoms with van der Waals surface area (Å²) < 4.78 is 0. The van der Waals surface area contributed by atoms with Gasteiger partial charge in [-0.1, -0.05) is 0 Å². The van der Waals surface area contributed by atoms with Gasteiger partial charge in [0.2, 0.25) is 11.8 Å². The Labute approximate surface area is 83.6 Å². The molecule has 0 heterocycles. The quantitative estimate of drug-likeness (QED) is 0.428. The largest absolute Gasteiger partial charge is 0.368 e. The second-order valence-corrected chi connectivity index (χ2v) is 3.25. The molecule has 1 unspecified atom stereocenters. The molecule has 0 spiro atoms. The summed E-state index contributed by atoms with van der Waals surface area (Å²) in [5.74, 6) is -0.512. The van der Waals surface area contributed by atoms with E-state index in [2.05, 4.69) is 5.32 Å². The van der Waals surface area contributed by atoms with Crippen LogP contribution in [-0.4, -0.2) is 49.9 Å². The maximum atomic E-state index is 11.1. The molecular weight excluding hydrogens is 184 g/mol. The predicted molar refractivity (Wildman–Crippen MR) is 53.4 cm³/mol. The van der Waals surface area contributed by atoms with Crippen molar-refractivity contribution in [1.82, 2.24) is 10.2 Å². The monoisotopic (exact) mass is 202 g/mol. The molecule has 6 nitrogen and oxygen atoms in total. The van der Waals surface area contributed by atoms with Crippen molar-refractivity contribution in [1.29, 1.82) is 0 Å². The number of nitrogens with zero attached hydrogens (tertiary/aromatic N) is 1. The Morgan fingerprint density at radius 2 is 2.00 bits per heavy atom. The van der Waals surface area contributed by atoms with E-state index in [1.807, 2.05) is 0 Å². The van der Waals surface area contributed by atoms with E-state index in [9.17, 15) is 9.59 Å². The van der Waals surface area contributed by atoms with Crippen molar-refractivity contribution >= 4 is 11.8 Å². The van der Waals surface area contributed by atoms with Crippen molar-refractivity contribution in [3.63, 3.8) is 0 Å². The van der Waals surface area contributed by atoms with Crippen molar-refractivity contribution in [2.75, 3.05) is 27.2 Å². The highest BCUT2D eigenvalue weighted by molar-refractivity contribution is 5.79. The van der Waals surface area contributed by atoms with Crippen LogP contribution in [0.5, 0.6) is 0 Å². The Balaban J connectivity index is 3.47. The van der Waals surface area contributed by atoms with E-state index in [1.54, 1.807) is 14.1 Å². The lowest BCUT2D eigenvalue weighted by molar-refractivity contribution is -0.128. The molecule has 0 fully saturated rings. The molecule has 0 saturated heterocycles. The first-order valence-electron chi connectivity index (χ1n) is 4.41. The fourth-order valence-corrected chi connectivity index (χ4v) is 0.777. The summed E-state index contributed by atoms with van der Waals surface area (Å²) in [6, 6.07) is -0.690. The Morgan fingerprint density at radius 3 is 2.43 bits per heavy atom. The van der Waals surface area contributed by atoms with Gasteiger partial charge in [0.25, 0.3) is 0 Å². The number of hydrogen-bond acceptors (Lipinski definition) is 4. The number of amides is 2. The van der Waals surface area contributed by atoms with Crippen LogP contribution in [-0.2, 0) is 9.59 Å². The molecule has 14 heavy (non-hydrogen) atoms. The summed E-state index contributed by atoms with van der Waals surface area (Å²) in [5, 5.41) is 2.88. The number of hydrogen-bond donors (Lipinski definition) is 3. The first-order chi connectivity index (χ1) is 6.45. The van der Waals surface area contributed by atoms with Gasteiger partial charge >= 0.3 is 0 Å². The van der Waals surface area contributed by atoms with E-state index in [0.29, 0.717) is 19.5 Å². The second-order valence-electron chi connectivity index (χ2n) is 3.25. The van der Waals surface area contributed by atoms with Crippen LogP contribution in [0.3, 0.4) is 0 Å². The van der Waals surface area contributed by atoms with Crippen LogP contribution in [0.4, 0.5) is 0 Å². The first kappa shape index (κ1) is 12.9. The van der Waals surface area contributed by atoms with Gasteiger partial charge < -0.3 is 21.7 Å². The van der Waals surface area contributed by atoms with Gasteiger partial charge in [-0.25, -0.2) is 0 Å². The van der Waals surface area contributed by atoms with Crippen molar-refractivity contribution in [3.8, 4) is 0 Å². The molecule has 0 radical (unpaired) electrons. The number of carbonyl (C=O) groups excluding carboxylic acids is 2. The van der Waals surface area contributed by atoms with Gasteiger partial charge in [0, 0.05) is 33.6 Å². The predicted octanol–water partition coefficient (Wildman–Crippen LogP) is -2.13. The molecule has 1 atom stereocenters. The molecule has 6 heteroatoms. The molecule has 82 valence electrons. The van der Waals surface area contributed by atoms with Crippen LogP contribution in [0.1, 0.15) is 6.42 Å². The third-order valence-corrected chi connectivity index (χ3v) is 1.74. The zero-order chi connectivity index (χ0) is 11.1. The first-order valence-corrected chi connectivity index (χ1v) is 4.41. The second kappa shape index (κ2) is 6.33. The summed E-state index contributed by atoms with van der Waals surface area (Å²) in [5.41, 5.74) is 10.3. The Hall–Kier alpha value is -1.14. The fourth-order valence-electron chi connectivity index (χ4n) is 0.777. The lowest BCUT2D eigenvalue weighted by atomic mass is 10.3. The molecule has 0 rings (SSSR count). The summed E-state index contributed by atoms with van der Waals surface area (Å²) in [4.78, 5) is 23.1. The average molecular weight is 202 g/mol. The van der Waals surface area contributed by atoms with Gasteiger partial charge in [-0.15, -0.1) is 0 Å². The summed E-state index contributed by atoms with van der Waals surface area (Å²) in [7, 11) is 3.38. The van der Waals surface area contributed by atoms with Crippen LogP contribution >= 0.6 is 0 Å². The highest BCUT2D eigenvalue weighted by Gasteiger charge is 2.08. The molecule has 0 aliphatic rings. The molecule has 2 amide bonds. The smallest absolute Gasteiger partial charge is 0.235 e. The van der Waals surface area contributed by atoms with Gasteiger partial charge in [-0.2, -0.15) is 0 Å². The molecule has 0 bridgehead atoms. The van der Waals surface area contributed by atoms with Gasteiger partial charge in [-0.3, -0.25) is 9.59 Å². The normalized spacial score (nSPS) is 12.2. The lowest BCUT2D eigenvalue weighted by Gasteiger charge is -2.11. The number of primary amides is 1. The summed E-state index contributed by atoms with van der Waals surface area (Å²) in [6.45, 7) is 0.800. The number of rotatable bonds is 6. The van der Waals surface area contributed by atoms with E-state index in [1.165, 1.54) is 4.90 Å². The minimum absolute atomic E-state index is 0.0325. The minimum atomic E-state index is -0.690. The zero-order valence-corrected chi connectivity index (χ0v) is 8.62. The minimum Gasteiger partial charge on any atom is -0.368 e. The third-order valence-electron chi connectivity index (χ3n) is 1.74. The van der Waals surface area contributed by atoms with Gasteiger partial charge in [0.15, 0.2) is 0 Å². The summed E-state index contributed by atoms with van der Waals surface area (Å²) >= 11 is 0. The highest BCUT2D eigenvalue weighted by Crippen LogP contribution is 1.84. The zero-order valence-electron chi connectivity index (χ0n) is 8.62. The van der Waals surface area contributed by atoms with Crippen LogP contribution in [0.25, 0.3) is 0 Å². The van der Waals surface area contributed by atoms with Crippen molar-refractivity contribution in [3.05, 3.63) is 0 Å². The van der Waals surface area contributed by atoms with Crippen molar-refractivity contribution in [2.24, 2.45) is 11.5 Å². The van der Waals surface area contributed by atoms with Crippen LogP contribution in [0.2, 0.25) is 0 Å². The van der Waals surface area contributed by atoms with E-state index < -0.39 is 11.9 Å². The Morgan fingerprint density at radius 1 is 1.43 bits per heavy atom. The molecular formula is C8H18N4O2.